The Hall–Kier alpha value is -4.37. The van der Waals surface area contributed by atoms with Crippen LogP contribution in [0.25, 0.3) is 0 Å². The minimum Gasteiger partial charge on any atom is -0.389 e. The Kier molecular flexibility index (Phi) is 8.44. The summed E-state index contributed by atoms with van der Waals surface area (Å²) in [7, 11) is 0. The number of hydrogen-bond donors (Lipinski definition) is 3. The molecule has 0 heterocycles. The molecule has 1 aliphatic carbocycles. The van der Waals surface area contributed by atoms with Crippen molar-refractivity contribution >= 4 is 34.7 Å². The molecule has 0 bridgehead atoms. The lowest BCUT2D eigenvalue weighted by atomic mass is 9.61. The maximum absolute atomic E-state index is 14.0. The van der Waals surface area contributed by atoms with Crippen molar-refractivity contribution in [1.29, 1.82) is 0 Å². The first-order valence-corrected chi connectivity index (χ1v) is 13.3. The van der Waals surface area contributed by atoms with E-state index in [-0.39, 0.29) is 11.3 Å². The van der Waals surface area contributed by atoms with Gasteiger partial charge < -0.3 is 15.7 Å². The lowest BCUT2D eigenvalue weighted by Gasteiger charge is -2.44. The number of Topliss-reactive ketones (excluding diaryl/α,β-unsaturated/α-hetero) is 1. The molecule has 9 nitrogen and oxygen atoms in total. The van der Waals surface area contributed by atoms with Gasteiger partial charge in [0.15, 0.2) is 0 Å². The number of nitro groups is 1. The number of carbonyl (C=O) groups excluding carboxylic acids is 3. The highest BCUT2D eigenvalue weighted by atomic mass is 16.6. The molecule has 3 N–H and O–H groups in total. The highest BCUT2D eigenvalue weighted by molar-refractivity contribution is 6.11. The maximum atomic E-state index is 14.0. The number of carbonyl (C=O) groups is 3. The van der Waals surface area contributed by atoms with Crippen LogP contribution in [0, 0.1) is 22.0 Å². The van der Waals surface area contributed by atoms with E-state index in [9.17, 15) is 29.6 Å². The van der Waals surface area contributed by atoms with Crippen LogP contribution in [0.3, 0.4) is 0 Å². The standard InChI is InChI=1S/C31H33N3O6/c1-4-19-12-6-9-15-22(19)32-29(36)27-25(35)18-31(3,38)28(26(27)21-14-8-11-17-24(21)34(39)40)30(37)33-23-16-10-7-13-20(23)5-2/h6-17,26-28,38H,4-5,18H2,1-3H3,(H,32,36)(H,33,37). The van der Waals surface area contributed by atoms with Crippen LogP contribution in [-0.4, -0.2) is 33.2 Å². The van der Waals surface area contributed by atoms with Crippen LogP contribution in [0.5, 0.6) is 0 Å². The Morgan fingerprint density at radius 3 is 1.95 bits per heavy atom. The van der Waals surface area contributed by atoms with Crippen molar-refractivity contribution in [3.63, 3.8) is 0 Å². The van der Waals surface area contributed by atoms with Gasteiger partial charge in [-0.2, -0.15) is 0 Å². The minimum atomic E-state index is -1.88. The molecule has 208 valence electrons. The van der Waals surface area contributed by atoms with Gasteiger partial charge in [0.05, 0.1) is 16.4 Å². The monoisotopic (exact) mass is 543 g/mol. The molecule has 1 fully saturated rings. The molecule has 0 saturated heterocycles. The second-order valence-electron chi connectivity index (χ2n) is 10.3. The number of rotatable bonds is 8. The number of nitrogens with zero attached hydrogens (tertiary/aromatic N) is 1. The van der Waals surface area contributed by atoms with Crippen molar-refractivity contribution in [3.8, 4) is 0 Å². The predicted molar refractivity (Wildman–Crippen MR) is 152 cm³/mol. The average Bonchev–Trinajstić information content (AvgIpc) is 2.92. The Labute approximate surface area is 232 Å². The fourth-order valence-corrected chi connectivity index (χ4v) is 5.72. The second-order valence-corrected chi connectivity index (χ2v) is 10.3. The molecule has 2 amide bonds. The van der Waals surface area contributed by atoms with Gasteiger partial charge in [0.25, 0.3) is 5.69 Å². The van der Waals surface area contributed by atoms with Gasteiger partial charge in [0.1, 0.15) is 11.7 Å². The van der Waals surface area contributed by atoms with Gasteiger partial charge in [-0.3, -0.25) is 24.5 Å². The van der Waals surface area contributed by atoms with E-state index in [0.29, 0.717) is 24.2 Å². The first-order chi connectivity index (χ1) is 19.1. The van der Waals surface area contributed by atoms with E-state index in [0.717, 1.165) is 11.1 Å². The van der Waals surface area contributed by atoms with Crippen molar-refractivity contribution in [2.45, 2.75) is 51.6 Å². The van der Waals surface area contributed by atoms with Crippen LogP contribution >= 0.6 is 0 Å². The first kappa shape index (κ1) is 28.6. The molecule has 40 heavy (non-hydrogen) atoms. The lowest BCUT2D eigenvalue weighted by Crippen LogP contribution is -2.56. The van der Waals surface area contributed by atoms with Crippen molar-refractivity contribution < 1.29 is 24.4 Å². The van der Waals surface area contributed by atoms with Gasteiger partial charge in [-0.1, -0.05) is 68.4 Å². The summed E-state index contributed by atoms with van der Waals surface area (Å²) in [4.78, 5) is 52.8. The molecule has 4 rings (SSSR count). The summed E-state index contributed by atoms with van der Waals surface area (Å²) in [5.74, 6) is -6.03. The molecule has 3 aromatic carbocycles. The summed E-state index contributed by atoms with van der Waals surface area (Å²) in [6, 6.07) is 20.1. The molecule has 3 aromatic rings. The summed E-state index contributed by atoms with van der Waals surface area (Å²) < 4.78 is 0. The number of nitro benzene ring substituents is 1. The summed E-state index contributed by atoms with van der Waals surface area (Å²) in [6.45, 7) is 5.23. The van der Waals surface area contributed by atoms with Gasteiger partial charge in [-0.05, 0) is 43.0 Å². The Bertz CT molecular complexity index is 1450. The number of ketones is 1. The van der Waals surface area contributed by atoms with Crippen molar-refractivity contribution in [2.24, 2.45) is 11.8 Å². The topological polar surface area (TPSA) is 139 Å². The van der Waals surface area contributed by atoms with Crippen molar-refractivity contribution in [1.82, 2.24) is 0 Å². The van der Waals surface area contributed by atoms with Gasteiger partial charge >= 0.3 is 0 Å². The smallest absolute Gasteiger partial charge is 0.272 e. The first-order valence-electron chi connectivity index (χ1n) is 13.3. The molecule has 1 saturated carbocycles. The fraction of sp³-hybridized carbons (Fsp3) is 0.323. The number of para-hydroxylation sites is 3. The third kappa shape index (κ3) is 5.65. The van der Waals surface area contributed by atoms with Crippen LogP contribution in [0.4, 0.5) is 17.1 Å². The highest BCUT2D eigenvalue weighted by Crippen LogP contribution is 2.48. The lowest BCUT2D eigenvalue weighted by molar-refractivity contribution is -0.385. The van der Waals surface area contributed by atoms with Gasteiger partial charge in [-0.25, -0.2) is 0 Å². The quantitative estimate of drug-likeness (QED) is 0.207. The largest absolute Gasteiger partial charge is 0.389 e. The molecule has 1 aliphatic rings. The third-order valence-electron chi connectivity index (χ3n) is 7.64. The summed E-state index contributed by atoms with van der Waals surface area (Å²) in [5.41, 5.74) is 0.565. The average molecular weight is 544 g/mol. The summed E-state index contributed by atoms with van der Waals surface area (Å²) >= 11 is 0. The zero-order valence-electron chi connectivity index (χ0n) is 22.7. The van der Waals surface area contributed by atoms with E-state index in [1.807, 2.05) is 38.1 Å². The van der Waals surface area contributed by atoms with E-state index in [2.05, 4.69) is 10.6 Å². The SMILES string of the molecule is CCc1ccccc1NC(=O)C1C(=O)CC(C)(O)C(C(=O)Nc2ccccc2CC)C1c1ccccc1[N+](=O)[O-]. The van der Waals surface area contributed by atoms with Crippen LogP contribution in [0.15, 0.2) is 72.8 Å². The maximum Gasteiger partial charge on any atom is 0.272 e. The third-order valence-corrected chi connectivity index (χ3v) is 7.64. The number of nitrogens with one attached hydrogen (secondary N) is 2. The second kappa shape index (κ2) is 11.8. The van der Waals surface area contributed by atoms with Crippen molar-refractivity contribution in [2.75, 3.05) is 10.6 Å². The Morgan fingerprint density at radius 1 is 0.900 bits per heavy atom. The summed E-state index contributed by atoms with van der Waals surface area (Å²) in [5, 5.41) is 29.3. The number of hydrogen-bond acceptors (Lipinski definition) is 6. The molecule has 4 atom stereocenters. The molecule has 0 aromatic heterocycles. The van der Waals surface area contributed by atoms with E-state index in [1.54, 1.807) is 30.3 Å². The van der Waals surface area contributed by atoms with E-state index >= 15 is 0 Å². The molecule has 0 radical (unpaired) electrons. The van der Waals surface area contributed by atoms with E-state index < -0.39 is 52.3 Å². The van der Waals surface area contributed by atoms with Gasteiger partial charge in [-0.15, -0.1) is 0 Å². The van der Waals surface area contributed by atoms with Crippen LogP contribution in [0.1, 0.15) is 49.8 Å². The molecule has 9 heteroatoms. The zero-order chi connectivity index (χ0) is 29.0. The Morgan fingerprint density at radius 2 is 1.40 bits per heavy atom. The predicted octanol–water partition coefficient (Wildman–Crippen LogP) is 5.04. The molecule has 0 spiro atoms. The summed E-state index contributed by atoms with van der Waals surface area (Å²) in [6.07, 6.45) is 0.788. The highest BCUT2D eigenvalue weighted by Gasteiger charge is 2.57. The molecule has 0 aliphatic heterocycles. The zero-order valence-corrected chi connectivity index (χ0v) is 22.7. The van der Waals surface area contributed by atoms with Crippen LogP contribution in [0.2, 0.25) is 0 Å². The normalized spacial score (nSPS) is 22.4. The van der Waals surface area contributed by atoms with Crippen molar-refractivity contribution in [3.05, 3.63) is 99.6 Å². The fourth-order valence-electron chi connectivity index (χ4n) is 5.72. The van der Waals surface area contributed by atoms with E-state index in [1.165, 1.54) is 25.1 Å². The molecular weight excluding hydrogens is 510 g/mol. The number of aryl methyl sites for hydroxylation is 2. The molecular formula is C31H33N3O6. The van der Waals surface area contributed by atoms with Crippen LogP contribution < -0.4 is 10.6 Å². The number of aliphatic hydroxyl groups is 1. The van der Waals surface area contributed by atoms with E-state index in [4.69, 9.17) is 0 Å². The van der Waals surface area contributed by atoms with Gasteiger partial charge in [0.2, 0.25) is 11.8 Å². The van der Waals surface area contributed by atoms with Crippen LogP contribution in [-0.2, 0) is 27.2 Å². The Balaban J connectivity index is 1.85. The number of anilines is 2. The minimum absolute atomic E-state index is 0.0358. The number of benzene rings is 3. The number of amides is 2. The molecule has 4 unspecified atom stereocenters. The van der Waals surface area contributed by atoms with Gasteiger partial charge in [0, 0.05) is 35.3 Å².